The highest BCUT2D eigenvalue weighted by Gasteiger charge is 2.62. The minimum atomic E-state index is -2.92. The molecule has 13 nitrogen and oxygen atoms in total. The third-order valence-corrected chi connectivity index (χ3v) is 20.3. The highest BCUT2D eigenvalue weighted by Crippen LogP contribution is 2.51. The number of hydrogen-bond donors (Lipinski definition) is 1. The molecule has 19 atom stereocenters. The zero-order valence-electron chi connectivity index (χ0n) is 52.6. The van der Waals surface area contributed by atoms with E-state index in [-0.39, 0.29) is 66.7 Å². The Labute approximate surface area is 452 Å². The second kappa shape index (κ2) is 25.3. The largest absolute Gasteiger partial charge is 0.456 e. The number of methoxy groups -OCH3 is 4. The number of piperidine rings is 1. The topological polar surface area (TPSA) is 156 Å². The number of allylic oxidation sites excluding steroid dienone is 4. The first-order chi connectivity index (χ1) is 35.5. The Kier molecular flexibility index (Phi) is 20.2. The number of fused-ring (bicyclic) bond motifs is 3. The minimum Gasteiger partial charge on any atom is -0.456 e. The first-order valence-corrected chi connectivity index (χ1v) is 28.0. The van der Waals surface area contributed by atoms with Crippen molar-refractivity contribution >= 4 is 23.4 Å². The standard InChI is InChI=1S/C61H103NO12/c1-24-26-46-39(11)37(9)36(8)38(10)40(12)53(69-21)54-51(68-20)31-45(25-2)61(71-23,74-54)55(65)56(66)62-43(15)58(16,17)35(7)29-48(62)57(67)72-52(41(13)49(63)32-50(46)64)47(33(3)4)30-44-27-28-59(18,70-22)60(19,42(44)14)73-34(5)6/h24,30,33-36,38,40-46,48-49,51-54,63H,1,25-29,31-32H2,2-23H3/b39-37+,47-30+/t35?,36?,38-,40?,41+,42?,43?,44-,45+,46+,48-,49-,51-,52-,53-,54-,59+,60+,61+/m0/s1/i21D3. The Hall–Kier alpha value is -2.78. The summed E-state index contributed by atoms with van der Waals surface area (Å²) in [6, 6.07) is -1.98. The molecule has 0 aromatic heterocycles. The quantitative estimate of drug-likeness (QED) is 0.112. The van der Waals surface area contributed by atoms with Crippen molar-refractivity contribution in [2.75, 3.05) is 28.4 Å². The lowest BCUT2D eigenvalue weighted by atomic mass is 9.62. The fourth-order valence-electron chi connectivity index (χ4n) is 13.4. The van der Waals surface area contributed by atoms with E-state index in [0.717, 1.165) is 23.1 Å². The van der Waals surface area contributed by atoms with Gasteiger partial charge < -0.3 is 43.2 Å². The summed E-state index contributed by atoms with van der Waals surface area (Å²) in [5.41, 5.74) is 0.509. The van der Waals surface area contributed by atoms with Crippen molar-refractivity contribution in [3.8, 4) is 0 Å². The van der Waals surface area contributed by atoms with Crippen LogP contribution in [0.15, 0.2) is 35.5 Å². The van der Waals surface area contributed by atoms with Crippen LogP contribution in [-0.4, -0.2) is 128 Å². The number of esters is 1. The molecular formula is C61H103NO12. The van der Waals surface area contributed by atoms with Gasteiger partial charge in [-0.05, 0) is 139 Å². The molecule has 0 aromatic carbocycles. The number of cyclic esters (lactones) is 1. The van der Waals surface area contributed by atoms with Gasteiger partial charge in [0.25, 0.3) is 11.7 Å². The lowest BCUT2D eigenvalue weighted by Gasteiger charge is -2.55. The minimum absolute atomic E-state index is 0.0845. The normalized spacial score (nSPS) is 43.5. The van der Waals surface area contributed by atoms with E-state index >= 15 is 14.4 Å². The van der Waals surface area contributed by atoms with Crippen molar-refractivity contribution in [2.45, 2.75) is 235 Å². The van der Waals surface area contributed by atoms with Crippen LogP contribution >= 0.6 is 0 Å². The van der Waals surface area contributed by atoms with Gasteiger partial charge in [0.15, 0.2) is 0 Å². The van der Waals surface area contributed by atoms with Crippen molar-refractivity contribution < 1.29 is 61.6 Å². The molecule has 1 N–H and O–H groups in total. The Morgan fingerprint density at radius 1 is 0.905 bits per heavy atom. The molecule has 4 aliphatic rings. The van der Waals surface area contributed by atoms with E-state index in [1.54, 1.807) is 20.1 Å². The fraction of sp³-hybridized carbons (Fsp3) is 0.836. The highest BCUT2D eigenvalue weighted by atomic mass is 16.7. The number of aliphatic hydroxyl groups excluding tert-OH is 1. The van der Waals surface area contributed by atoms with E-state index in [4.69, 9.17) is 37.3 Å². The molecule has 3 fully saturated rings. The van der Waals surface area contributed by atoms with Gasteiger partial charge in [-0.15, -0.1) is 6.58 Å². The molecule has 3 aliphatic heterocycles. The first-order valence-electron chi connectivity index (χ1n) is 29.5. The first kappa shape index (κ1) is 58.9. The van der Waals surface area contributed by atoms with Crippen LogP contribution in [0.25, 0.3) is 0 Å². The number of nitrogens with zero attached hydrogens (tertiary/aromatic N) is 1. The van der Waals surface area contributed by atoms with Crippen molar-refractivity contribution in [2.24, 2.45) is 64.6 Å². The molecule has 0 radical (unpaired) electrons. The maximum absolute atomic E-state index is 15.7. The summed E-state index contributed by atoms with van der Waals surface area (Å²) in [5, 5.41) is 12.5. The van der Waals surface area contributed by atoms with Gasteiger partial charge in [0.1, 0.15) is 24.0 Å². The smallest absolute Gasteiger partial charge is 0.329 e. The maximum atomic E-state index is 15.7. The predicted molar refractivity (Wildman–Crippen MR) is 291 cm³/mol. The van der Waals surface area contributed by atoms with Crippen LogP contribution in [0, 0.1) is 64.6 Å². The van der Waals surface area contributed by atoms with Gasteiger partial charge in [-0.1, -0.05) is 99.5 Å². The molecule has 2 saturated heterocycles. The van der Waals surface area contributed by atoms with Gasteiger partial charge in [0.2, 0.25) is 5.79 Å². The van der Waals surface area contributed by atoms with Gasteiger partial charge in [-0.3, -0.25) is 14.4 Å². The monoisotopic (exact) mass is 1040 g/mol. The van der Waals surface area contributed by atoms with Crippen LogP contribution in [0.1, 0.15) is 174 Å². The van der Waals surface area contributed by atoms with Crippen LogP contribution in [0.5, 0.6) is 0 Å². The lowest BCUT2D eigenvalue weighted by Crippen LogP contribution is -2.68. The van der Waals surface area contributed by atoms with Gasteiger partial charge in [-0.25, -0.2) is 4.79 Å². The zero-order valence-corrected chi connectivity index (χ0v) is 49.6. The number of ether oxygens (including phenoxy) is 7. The van der Waals surface area contributed by atoms with Crippen LogP contribution in [-0.2, 0) is 52.3 Å². The number of rotatable bonds is 12. The highest BCUT2D eigenvalue weighted by molar-refractivity contribution is 6.39. The van der Waals surface area contributed by atoms with E-state index in [1.165, 1.54) is 19.1 Å². The van der Waals surface area contributed by atoms with E-state index < -0.39 is 113 Å². The Morgan fingerprint density at radius 3 is 2.07 bits per heavy atom. The summed E-state index contributed by atoms with van der Waals surface area (Å²) < 4.78 is 70.4. The molecule has 0 spiro atoms. The molecule has 1 amide bonds. The summed E-state index contributed by atoms with van der Waals surface area (Å²) in [4.78, 5) is 63.2. The van der Waals surface area contributed by atoms with E-state index in [0.29, 0.717) is 19.3 Å². The number of hydrogen-bond acceptors (Lipinski definition) is 12. The fourth-order valence-corrected chi connectivity index (χ4v) is 13.4. The number of Topliss-reactive ketones (excluding diaryl/α,β-unsaturated/α-hetero) is 2. The number of carbonyl (C=O) groups excluding carboxylic acids is 4. The summed E-state index contributed by atoms with van der Waals surface area (Å²) in [6.07, 6.45) is 0.209. The molecule has 0 aromatic rings. The molecule has 5 unspecified atom stereocenters. The van der Waals surface area contributed by atoms with E-state index in [9.17, 15) is 9.90 Å². The number of ketones is 2. The second-order valence-corrected chi connectivity index (χ2v) is 24.8. The lowest BCUT2D eigenvalue weighted by molar-refractivity contribution is -0.317. The van der Waals surface area contributed by atoms with Crippen LogP contribution in [0.4, 0.5) is 0 Å². The second-order valence-electron chi connectivity index (χ2n) is 24.8. The number of carbonyl (C=O) groups is 4. The van der Waals surface area contributed by atoms with Gasteiger partial charge in [0, 0.05) is 58.6 Å². The molecular weight excluding hydrogens is 939 g/mol. The molecule has 2 bridgehead atoms. The van der Waals surface area contributed by atoms with Crippen LogP contribution in [0.2, 0.25) is 0 Å². The molecule has 1 aliphatic carbocycles. The molecule has 4 rings (SSSR count). The van der Waals surface area contributed by atoms with Crippen molar-refractivity contribution in [3.63, 3.8) is 0 Å². The van der Waals surface area contributed by atoms with Crippen molar-refractivity contribution in [1.29, 1.82) is 0 Å². The maximum Gasteiger partial charge on any atom is 0.329 e. The van der Waals surface area contributed by atoms with Gasteiger partial charge in [0.05, 0.1) is 39.7 Å². The zero-order chi connectivity index (χ0) is 58.8. The predicted octanol–water partition coefficient (Wildman–Crippen LogP) is 10.9. The summed E-state index contributed by atoms with van der Waals surface area (Å²) in [5.74, 6) is -9.21. The summed E-state index contributed by atoms with van der Waals surface area (Å²) in [7, 11) is 1.60. The number of aliphatic hydroxyl groups is 1. The summed E-state index contributed by atoms with van der Waals surface area (Å²) >= 11 is 0. The molecule has 3 heterocycles. The van der Waals surface area contributed by atoms with E-state index in [1.807, 2.05) is 96.9 Å². The molecule has 13 heteroatoms. The van der Waals surface area contributed by atoms with E-state index in [2.05, 4.69) is 33.4 Å². The van der Waals surface area contributed by atoms with Gasteiger partial charge in [-0.2, -0.15) is 0 Å². The average Bonchev–Trinajstić information content (AvgIpc) is 3.36. The molecule has 424 valence electrons. The number of amides is 1. The van der Waals surface area contributed by atoms with Crippen LogP contribution < -0.4 is 0 Å². The average molecular weight is 1050 g/mol. The summed E-state index contributed by atoms with van der Waals surface area (Å²) in [6.45, 7) is 39.7. The third-order valence-electron chi connectivity index (χ3n) is 20.3. The Balaban J connectivity index is 2.09. The Bertz CT molecular complexity index is 2140. The molecule has 1 saturated carbocycles. The van der Waals surface area contributed by atoms with Crippen LogP contribution in [0.3, 0.4) is 0 Å². The SMILES string of the molecule is [2H]C([2H])([2H])O[C@H]1C(C)[C@@H](C)C(C)/C(C)=C(\C)[C@@H](CC=C)C(=O)C[C@H](O)[C@@H](C)[C@@H](/C(=C/[C@@H]2CC[C@@](C)(OC)[C@](C)(OC(C)C)C2C)C(C)C)OC(=O)[C@@H]2CC(C)C(C)(C)C(C)N2C(=O)C(=O)[C@]2(OC)O[C@H]1[C@@H](OC)C[C@H]2CC. The van der Waals surface area contributed by atoms with Crippen molar-refractivity contribution in [1.82, 2.24) is 4.90 Å². The van der Waals surface area contributed by atoms with Gasteiger partial charge >= 0.3 is 5.97 Å². The molecule has 74 heavy (non-hydrogen) atoms. The Morgan fingerprint density at radius 2 is 1.54 bits per heavy atom. The third kappa shape index (κ3) is 12.1. The van der Waals surface area contributed by atoms with Crippen molar-refractivity contribution in [3.05, 3.63) is 35.5 Å².